The Bertz CT molecular complexity index is 130. The van der Waals surface area contributed by atoms with Crippen LogP contribution in [-0.2, 0) is 0 Å². The van der Waals surface area contributed by atoms with Crippen LogP contribution in [0, 0.1) is 0 Å². The highest BCUT2D eigenvalue weighted by atomic mass is 16.3. The Labute approximate surface area is 87.7 Å². The van der Waals surface area contributed by atoms with Crippen LogP contribution in [0.25, 0.3) is 0 Å². The van der Waals surface area contributed by atoms with Crippen molar-refractivity contribution in [3.8, 4) is 0 Å². The van der Waals surface area contributed by atoms with Crippen molar-refractivity contribution < 1.29 is 10.2 Å². The summed E-state index contributed by atoms with van der Waals surface area (Å²) >= 11 is 0. The monoisotopic (exact) mass is 203 g/mol. The lowest BCUT2D eigenvalue weighted by molar-refractivity contribution is -0.103. The van der Waals surface area contributed by atoms with E-state index in [0.717, 1.165) is 25.7 Å². The Hall–Kier alpha value is -0.120. The first-order valence-corrected chi connectivity index (χ1v) is 5.79. The van der Waals surface area contributed by atoms with E-state index in [-0.39, 0.29) is 0 Å². The topological polar surface area (TPSA) is 43.7 Å². The smallest absolute Gasteiger partial charge is 0.109 e. The summed E-state index contributed by atoms with van der Waals surface area (Å²) in [4.78, 5) is 1.75. The van der Waals surface area contributed by atoms with Crippen molar-refractivity contribution in [2.75, 3.05) is 6.54 Å². The van der Waals surface area contributed by atoms with Crippen LogP contribution in [0.4, 0.5) is 0 Å². The van der Waals surface area contributed by atoms with Crippen LogP contribution in [0.5, 0.6) is 0 Å². The molecule has 0 aliphatic rings. The fraction of sp³-hybridized carbons (Fsp3) is 1.00. The van der Waals surface area contributed by atoms with Gasteiger partial charge in [0, 0.05) is 6.54 Å². The predicted octanol–water partition coefficient (Wildman–Crippen LogP) is 1.94. The summed E-state index contributed by atoms with van der Waals surface area (Å²) in [5, 5.41) is 19.4. The number of aliphatic hydroxyl groups is 2. The summed E-state index contributed by atoms with van der Waals surface area (Å²) < 4.78 is 0. The molecule has 2 N–H and O–H groups in total. The zero-order valence-electron chi connectivity index (χ0n) is 9.74. The van der Waals surface area contributed by atoms with Gasteiger partial charge in [0.25, 0.3) is 0 Å². The van der Waals surface area contributed by atoms with Gasteiger partial charge in [-0.15, -0.1) is 0 Å². The van der Waals surface area contributed by atoms with Gasteiger partial charge in [-0.05, 0) is 19.3 Å². The molecule has 3 nitrogen and oxygen atoms in total. The Morgan fingerprint density at radius 3 is 2.07 bits per heavy atom. The molecule has 2 unspecified atom stereocenters. The lowest BCUT2D eigenvalue weighted by atomic mass is 10.1. The molecule has 0 fully saturated rings. The van der Waals surface area contributed by atoms with Gasteiger partial charge < -0.3 is 10.2 Å². The van der Waals surface area contributed by atoms with Crippen molar-refractivity contribution in [1.82, 2.24) is 4.90 Å². The molecule has 0 aromatic carbocycles. The molecule has 0 saturated heterocycles. The third-order valence-corrected chi connectivity index (χ3v) is 2.56. The van der Waals surface area contributed by atoms with E-state index < -0.39 is 12.5 Å². The fourth-order valence-electron chi connectivity index (χ4n) is 1.60. The third-order valence-electron chi connectivity index (χ3n) is 2.56. The lowest BCUT2D eigenvalue weighted by Crippen LogP contribution is -2.42. The van der Waals surface area contributed by atoms with Crippen molar-refractivity contribution in [1.29, 1.82) is 0 Å². The third kappa shape index (κ3) is 4.94. The lowest BCUT2D eigenvalue weighted by Gasteiger charge is -2.30. The molecule has 0 aliphatic carbocycles. The van der Waals surface area contributed by atoms with Gasteiger partial charge in [0.05, 0.1) is 0 Å². The minimum absolute atomic E-state index is 0.485. The molecule has 86 valence electrons. The fourth-order valence-corrected chi connectivity index (χ4v) is 1.60. The van der Waals surface area contributed by atoms with E-state index in [4.69, 9.17) is 0 Å². The molecule has 0 amide bonds. The van der Waals surface area contributed by atoms with E-state index in [1.165, 1.54) is 0 Å². The molecular formula is C11H25NO2. The molecule has 0 aromatic rings. The SMILES string of the molecule is CCCCCC(O)N(CC)C(O)CC. The maximum atomic E-state index is 9.80. The molecule has 0 radical (unpaired) electrons. The van der Waals surface area contributed by atoms with Gasteiger partial charge in [0.15, 0.2) is 0 Å². The van der Waals surface area contributed by atoms with Crippen LogP contribution in [0.15, 0.2) is 0 Å². The maximum Gasteiger partial charge on any atom is 0.109 e. The normalized spacial score (nSPS) is 15.9. The number of rotatable bonds is 8. The van der Waals surface area contributed by atoms with Gasteiger partial charge in [0.1, 0.15) is 12.5 Å². The van der Waals surface area contributed by atoms with Gasteiger partial charge in [-0.3, -0.25) is 4.90 Å². The molecule has 0 bridgehead atoms. The summed E-state index contributed by atoms with van der Waals surface area (Å²) in [7, 11) is 0. The predicted molar refractivity (Wildman–Crippen MR) is 58.8 cm³/mol. The molecule has 0 rings (SSSR count). The van der Waals surface area contributed by atoms with Crippen LogP contribution in [0.1, 0.15) is 52.9 Å². The number of nitrogens with zero attached hydrogens (tertiary/aromatic N) is 1. The minimum atomic E-state index is -0.503. The van der Waals surface area contributed by atoms with Crippen LogP contribution >= 0.6 is 0 Å². The number of unbranched alkanes of at least 4 members (excludes halogenated alkanes) is 2. The Morgan fingerprint density at radius 2 is 1.64 bits per heavy atom. The van der Waals surface area contributed by atoms with E-state index in [9.17, 15) is 10.2 Å². The molecule has 0 heterocycles. The minimum Gasteiger partial charge on any atom is -0.378 e. The van der Waals surface area contributed by atoms with Crippen LogP contribution in [-0.4, -0.2) is 34.1 Å². The number of aliphatic hydroxyl groups excluding tert-OH is 2. The van der Waals surface area contributed by atoms with Crippen molar-refractivity contribution in [3.05, 3.63) is 0 Å². The summed E-state index contributed by atoms with van der Waals surface area (Å²) in [6.45, 7) is 6.72. The van der Waals surface area contributed by atoms with Crippen molar-refractivity contribution >= 4 is 0 Å². The molecule has 0 aromatic heterocycles. The highest BCUT2D eigenvalue weighted by Crippen LogP contribution is 2.11. The van der Waals surface area contributed by atoms with E-state index in [0.29, 0.717) is 13.0 Å². The van der Waals surface area contributed by atoms with Gasteiger partial charge in [-0.2, -0.15) is 0 Å². The van der Waals surface area contributed by atoms with Gasteiger partial charge in [-0.1, -0.05) is 33.6 Å². The number of hydrogen-bond donors (Lipinski definition) is 2. The second kappa shape index (κ2) is 8.21. The number of hydrogen-bond acceptors (Lipinski definition) is 3. The van der Waals surface area contributed by atoms with Crippen molar-refractivity contribution in [2.24, 2.45) is 0 Å². The molecule has 14 heavy (non-hydrogen) atoms. The van der Waals surface area contributed by atoms with Crippen molar-refractivity contribution in [3.63, 3.8) is 0 Å². The first-order valence-electron chi connectivity index (χ1n) is 5.79. The summed E-state index contributed by atoms with van der Waals surface area (Å²) in [5.74, 6) is 0. The second-order valence-corrected chi connectivity index (χ2v) is 3.70. The maximum absolute atomic E-state index is 9.80. The standard InChI is InChI=1S/C11H25NO2/c1-4-7-8-9-11(14)12(6-3)10(13)5-2/h10-11,13-14H,4-9H2,1-3H3. The zero-order chi connectivity index (χ0) is 11.0. The molecule has 2 atom stereocenters. The highest BCUT2D eigenvalue weighted by Gasteiger charge is 2.19. The highest BCUT2D eigenvalue weighted by molar-refractivity contribution is 4.63. The van der Waals surface area contributed by atoms with Crippen LogP contribution in [0.2, 0.25) is 0 Å². The van der Waals surface area contributed by atoms with E-state index in [1.807, 2.05) is 13.8 Å². The molecule has 0 aliphatic heterocycles. The summed E-state index contributed by atoms with van der Waals surface area (Å²) in [6, 6.07) is 0. The van der Waals surface area contributed by atoms with Gasteiger partial charge in [-0.25, -0.2) is 0 Å². The molecule has 0 spiro atoms. The quantitative estimate of drug-likeness (QED) is 0.468. The van der Waals surface area contributed by atoms with Crippen molar-refractivity contribution in [2.45, 2.75) is 65.3 Å². The van der Waals surface area contributed by atoms with E-state index in [1.54, 1.807) is 4.90 Å². The average Bonchev–Trinajstić information content (AvgIpc) is 2.19. The summed E-state index contributed by atoms with van der Waals surface area (Å²) in [6.07, 6.45) is 3.78. The molecular weight excluding hydrogens is 178 g/mol. The Balaban J connectivity index is 3.84. The zero-order valence-corrected chi connectivity index (χ0v) is 9.74. The Morgan fingerprint density at radius 1 is 1.00 bits per heavy atom. The first-order chi connectivity index (χ1) is 6.67. The van der Waals surface area contributed by atoms with Crippen LogP contribution in [0.3, 0.4) is 0 Å². The van der Waals surface area contributed by atoms with E-state index in [2.05, 4.69) is 6.92 Å². The second-order valence-electron chi connectivity index (χ2n) is 3.70. The van der Waals surface area contributed by atoms with E-state index >= 15 is 0 Å². The molecule has 0 saturated carbocycles. The Kier molecular flexibility index (Phi) is 8.14. The van der Waals surface area contributed by atoms with Crippen LogP contribution < -0.4 is 0 Å². The molecule has 3 heteroatoms. The first kappa shape index (κ1) is 13.9. The van der Waals surface area contributed by atoms with Gasteiger partial charge >= 0.3 is 0 Å². The van der Waals surface area contributed by atoms with Gasteiger partial charge in [0.2, 0.25) is 0 Å². The summed E-state index contributed by atoms with van der Waals surface area (Å²) in [5.41, 5.74) is 0. The average molecular weight is 203 g/mol. The largest absolute Gasteiger partial charge is 0.378 e.